The number of anilines is 2. The summed E-state index contributed by atoms with van der Waals surface area (Å²) in [6, 6.07) is 23.9. The summed E-state index contributed by atoms with van der Waals surface area (Å²) in [6.45, 7) is 5.65. The summed E-state index contributed by atoms with van der Waals surface area (Å²) >= 11 is 0. The third-order valence-corrected chi connectivity index (χ3v) is 8.80. The quantitative estimate of drug-likeness (QED) is 0.269. The highest BCUT2D eigenvalue weighted by Crippen LogP contribution is 2.40. The fourth-order valence-electron chi connectivity index (χ4n) is 4.88. The Morgan fingerprint density at radius 2 is 1.62 bits per heavy atom. The van der Waals surface area contributed by atoms with Crippen molar-refractivity contribution in [1.29, 1.82) is 0 Å². The van der Waals surface area contributed by atoms with E-state index in [1.807, 2.05) is 61.5 Å². The minimum absolute atomic E-state index is 0.302. The smallest absolute Gasteiger partial charge is 0.233 e. The number of oxazole rings is 1. The van der Waals surface area contributed by atoms with Gasteiger partial charge in [-0.2, -0.15) is 0 Å². The van der Waals surface area contributed by atoms with Gasteiger partial charge in [-0.25, -0.2) is 18.4 Å². The van der Waals surface area contributed by atoms with Crippen LogP contribution in [0.2, 0.25) is 0 Å². The van der Waals surface area contributed by atoms with Crippen molar-refractivity contribution >= 4 is 21.7 Å². The van der Waals surface area contributed by atoms with Gasteiger partial charge in [0.1, 0.15) is 17.4 Å². The number of aromatic nitrogens is 2. The van der Waals surface area contributed by atoms with Gasteiger partial charge in [-0.3, -0.25) is 4.31 Å². The van der Waals surface area contributed by atoms with Crippen LogP contribution in [0.3, 0.4) is 0 Å². The maximum atomic E-state index is 12.5. The fourth-order valence-corrected chi connectivity index (χ4v) is 5.31. The van der Waals surface area contributed by atoms with Gasteiger partial charge in [0, 0.05) is 25.7 Å². The minimum atomic E-state index is -3.55. The molecule has 2 aromatic carbocycles. The van der Waals surface area contributed by atoms with Crippen molar-refractivity contribution in [2.24, 2.45) is 17.6 Å². The molecule has 210 valence electrons. The van der Waals surface area contributed by atoms with E-state index in [-0.39, 0.29) is 0 Å². The molecular weight excluding hydrogens is 522 g/mol. The Kier molecular flexibility index (Phi) is 7.70. The van der Waals surface area contributed by atoms with Crippen molar-refractivity contribution in [3.63, 3.8) is 0 Å². The second-order valence-electron chi connectivity index (χ2n) is 11.3. The molecule has 2 unspecified atom stereocenters. The van der Waals surface area contributed by atoms with Gasteiger partial charge in [-0.1, -0.05) is 67.6 Å². The van der Waals surface area contributed by atoms with Crippen molar-refractivity contribution in [2.75, 3.05) is 29.1 Å². The van der Waals surface area contributed by atoms with Crippen molar-refractivity contribution < 1.29 is 12.8 Å². The Bertz CT molecular complexity index is 1550. The number of nitrogens with zero attached hydrogens (tertiary/aromatic N) is 4. The van der Waals surface area contributed by atoms with Gasteiger partial charge >= 0.3 is 0 Å². The predicted molar refractivity (Wildman–Crippen MR) is 159 cm³/mol. The lowest BCUT2D eigenvalue weighted by Gasteiger charge is -2.26. The molecule has 0 radical (unpaired) electrons. The second-order valence-corrected chi connectivity index (χ2v) is 13.3. The molecule has 0 saturated heterocycles. The molecular formula is C31H37N5O3S. The van der Waals surface area contributed by atoms with Gasteiger partial charge in [-0.05, 0) is 54.9 Å². The van der Waals surface area contributed by atoms with E-state index in [1.54, 1.807) is 12.3 Å². The molecule has 1 fully saturated rings. The molecule has 2 heterocycles. The molecule has 2 aromatic heterocycles. The summed E-state index contributed by atoms with van der Waals surface area (Å²) in [5, 5.41) is 0. The summed E-state index contributed by atoms with van der Waals surface area (Å²) in [6.07, 6.45) is 4.57. The Balaban J connectivity index is 1.53. The molecule has 0 amide bonds. The number of nitrogens with two attached hydrogens (primary N) is 1. The van der Waals surface area contributed by atoms with Crippen molar-refractivity contribution in [3.8, 4) is 11.5 Å². The highest BCUT2D eigenvalue weighted by atomic mass is 32.2. The molecule has 4 aromatic rings. The van der Waals surface area contributed by atoms with E-state index >= 15 is 0 Å². The number of benzene rings is 2. The standard InChI is InChI=1S/C31H37N5O3S/c1-22-15-26(22)21-36(20-24-13-9-6-10-14-24)29-17-25(16-28(34-29)35(3)40(4,37)38)30-33-19-27(39-30)31(2,32)18-23-11-7-5-8-12-23/h5-14,16-17,19,22,26H,15,18,20-21,32H2,1-4H3/t22?,26?,31-/m1/s1. The molecule has 0 bridgehead atoms. The van der Waals surface area contributed by atoms with Crippen LogP contribution in [0.25, 0.3) is 11.5 Å². The van der Waals surface area contributed by atoms with Gasteiger partial charge < -0.3 is 15.1 Å². The van der Waals surface area contributed by atoms with Crippen LogP contribution in [0, 0.1) is 11.8 Å². The first-order valence-electron chi connectivity index (χ1n) is 13.5. The summed E-state index contributed by atoms with van der Waals surface area (Å²) in [5.74, 6) is 3.11. The fraction of sp³-hybridized carbons (Fsp3) is 0.355. The summed E-state index contributed by atoms with van der Waals surface area (Å²) in [4.78, 5) is 11.6. The largest absolute Gasteiger partial charge is 0.439 e. The van der Waals surface area contributed by atoms with Crippen molar-refractivity contribution in [1.82, 2.24) is 9.97 Å². The predicted octanol–water partition coefficient (Wildman–Crippen LogP) is 5.21. The van der Waals surface area contributed by atoms with Crippen LogP contribution in [0.15, 0.2) is 83.4 Å². The topological polar surface area (TPSA) is 106 Å². The normalized spacial score (nSPS) is 18.2. The first-order chi connectivity index (χ1) is 19.0. The van der Waals surface area contributed by atoms with Gasteiger partial charge in [0.2, 0.25) is 15.9 Å². The minimum Gasteiger partial charge on any atom is -0.439 e. The molecule has 9 heteroatoms. The Morgan fingerprint density at radius 1 is 1.02 bits per heavy atom. The molecule has 40 heavy (non-hydrogen) atoms. The highest BCUT2D eigenvalue weighted by Gasteiger charge is 2.35. The van der Waals surface area contributed by atoms with Crippen LogP contribution in [-0.4, -0.2) is 38.2 Å². The Labute approximate surface area is 236 Å². The molecule has 0 aliphatic heterocycles. The van der Waals surface area contributed by atoms with Crippen LogP contribution in [-0.2, 0) is 28.5 Å². The maximum absolute atomic E-state index is 12.5. The van der Waals surface area contributed by atoms with E-state index in [0.717, 1.165) is 17.7 Å². The Morgan fingerprint density at radius 3 is 2.23 bits per heavy atom. The van der Waals surface area contributed by atoms with Crippen LogP contribution in [0.4, 0.5) is 11.6 Å². The lowest BCUT2D eigenvalue weighted by molar-refractivity contribution is 0.371. The van der Waals surface area contributed by atoms with E-state index in [1.165, 1.54) is 24.0 Å². The summed E-state index contributed by atoms with van der Waals surface area (Å²) < 4.78 is 32.4. The highest BCUT2D eigenvalue weighted by molar-refractivity contribution is 7.92. The van der Waals surface area contributed by atoms with Crippen LogP contribution >= 0.6 is 0 Å². The average Bonchev–Trinajstić information content (AvgIpc) is 3.38. The van der Waals surface area contributed by atoms with Crippen LogP contribution in [0.5, 0.6) is 0 Å². The van der Waals surface area contributed by atoms with Crippen LogP contribution < -0.4 is 14.9 Å². The van der Waals surface area contributed by atoms with E-state index in [4.69, 9.17) is 15.1 Å². The van der Waals surface area contributed by atoms with Crippen molar-refractivity contribution in [2.45, 2.75) is 38.8 Å². The zero-order valence-corrected chi connectivity index (χ0v) is 24.3. The number of rotatable bonds is 11. The number of sulfonamides is 1. The van der Waals surface area contributed by atoms with Gasteiger partial charge in [0.25, 0.3) is 0 Å². The van der Waals surface area contributed by atoms with E-state index in [9.17, 15) is 8.42 Å². The van der Waals surface area contributed by atoms with Gasteiger partial charge in [0.15, 0.2) is 0 Å². The number of hydrogen-bond donors (Lipinski definition) is 1. The zero-order valence-electron chi connectivity index (χ0n) is 23.5. The first-order valence-corrected chi connectivity index (χ1v) is 15.4. The molecule has 0 spiro atoms. The summed E-state index contributed by atoms with van der Waals surface area (Å²) in [7, 11) is -2.04. The molecule has 1 aliphatic carbocycles. The van der Waals surface area contributed by atoms with Gasteiger partial charge in [-0.15, -0.1) is 0 Å². The molecule has 5 rings (SSSR count). The molecule has 1 saturated carbocycles. The maximum Gasteiger partial charge on any atom is 0.233 e. The van der Waals surface area contributed by atoms with E-state index < -0.39 is 15.6 Å². The Hall–Kier alpha value is -3.69. The number of hydrogen-bond acceptors (Lipinski definition) is 7. The summed E-state index contributed by atoms with van der Waals surface area (Å²) in [5.41, 5.74) is 8.80. The molecule has 8 nitrogen and oxygen atoms in total. The van der Waals surface area contributed by atoms with Crippen LogP contribution in [0.1, 0.15) is 37.2 Å². The average molecular weight is 560 g/mol. The van der Waals surface area contributed by atoms with Gasteiger partial charge in [0.05, 0.1) is 18.0 Å². The SMILES string of the molecule is CC1CC1CN(Cc1ccccc1)c1cc(-c2ncc([C@](C)(N)Cc3ccccc3)o2)cc(N(C)S(C)(=O)=O)n1. The van der Waals surface area contributed by atoms with E-state index in [2.05, 4.69) is 28.9 Å². The third kappa shape index (κ3) is 6.54. The molecule has 2 N–H and O–H groups in total. The molecule has 3 atom stereocenters. The first kappa shape index (κ1) is 27.9. The molecule has 1 aliphatic rings. The lowest BCUT2D eigenvalue weighted by Crippen LogP contribution is -2.35. The van der Waals surface area contributed by atoms with Crippen molar-refractivity contribution in [3.05, 3.63) is 95.9 Å². The zero-order chi connectivity index (χ0) is 28.5. The third-order valence-electron chi connectivity index (χ3n) is 7.62. The van der Waals surface area contributed by atoms with E-state index in [0.29, 0.717) is 53.7 Å². The lowest BCUT2D eigenvalue weighted by atomic mass is 9.92. The monoisotopic (exact) mass is 559 g/mol. The second kappa shape index (κ2) is 11.1. The number of pyridine rings is 1.